The van der Waals surface area contributed by atoms with Crippen LogP contribution in [0.3, 0.4) is 0 Å². The monoisotopic (exact) mass is 279 g/mol. The number of nitrogens with one attached hydrogen (secondary N) is 1. The average Bonchev–Trinajstić information content (AvgIpc) is 2.37. The molecule has 0 amide bonds. The summed E-state index contributed by atoms with van der Waals surface area (Å²) < 4.78 is 5.72. The lowest BCUT2D eigenvalue weighted by Crippen LogP contribution is -2.61. The van der Waals surface area contributed by atoms with Crippen LogP contribution in [0, 0.1) is 5.41 Å². The number of rotatable bonds is 5. The number of aromatic hydroxyl groups is 2. The molecule has 3 N–H and O–H groups in total. The molecule has 2 rings (SSSR count). The van der Waals surface area contributed by atoms with E-state index in [-0.39, 0.29) is 29.1 Å². The molecule has 0 aliphatic heterocycles. The Labute approximate surface area is 120 Å². The van der Waals surface area contributed by atoms with Gasteiger partial charge in [-0.25, -0.2) is 0 Å². The molecule has 0 bridgehead atoms. The first-order valence-electron chi connectivity index (χ1n) is 7.26. The minimum Gasteiger partial charge on any atom is -0.507 e. The highest BCUT2D eigenvalue weighted by Gasteiger charge is 2.49. The second-order valence-corrected chi connectivity index (χ2v) is 6.15. The van der Waals surface area contributed by atoms with Gasteiger partial charge >= 0.3 is 0 Å². The van der Waals surface area contributed by atoms with Crippen LogP contribution >= 0.6 is 0 Å². The smallest absolute Gasteiger partial charge is 0.124 e. The van der Waals surface area contributed by atoms with Crippen molar-refractivity contribution in [2.24, 2.45) is 5.41 Å². The van der Waals surface area contributed by atoms with Crippen LogP contribution in [0.5, 0.6) is 11.5 Å². The van der Waals surface area contributed by atoms with Gasteiger partial charge < -0.3 is 20.3 Å². The minimum atomic E-state index is -0.108. The van der Waals surface area contributed by atoms with Crippen LogP contribution < -0.4 is 5.32 Å². The van der Waals surface area contributed by atoms with E-state index in [9.17, 15) is 10.2 Å². The van der Waals surface area contributed by atoms with E-state index >= 15 is 0 Å². The van der Waals surface area contributed by atoms with E-state index < -0.39 is 0 Å². The van der Waals surface area contributed by atoms with Crippen molar-refractivity contribution < 1.29 is 14.9 Å². The second-order valence-electron chi connectivity index (χ2n) is 6.15. The molecule has 3 unspecified atom stereocenters. The Balaban J connectivity index is 2.05. The Morgan fingerprint density at radius 3 is 2.45 bits per heavy atom. The number of ether oxygens (including phenoxy) is 1. The molecule has 1 aromatic carbocycles. The molecule has 112 valence electrons. The van der Waals surface area contributed by atoms with Gasteiger partial charge in [0.2, 0.25) is 0 Å². The average molecular weight is 279 g/mol. The summed E-state index contributed by atoms with van der Waals surface area (Å²) in [6.07, 6.45) is 1.23. The molecule has 1 aliphatic carbocycles. The summed E-state index contributed by atoms with van der Waals surface area (Å²) in [6, 6.07) is 5.04. The highest BCUT2D eigenvalue weighted by Crippen LogP contribution is 2.44. The van der Waals surface area contributed by atoms with Gasteiger partial charge in [-0.3, -0.25) is 0 Å². The van der Waals surface area contributed by atoms with Crippen LogP contribution in [-0.2, 0) is 4.74 Å². The SMILES string of the molecule is CCOC1CC(NC(C)c2c(O)cccc2O)C1(C)C. The Bertz CT molecular complexity index is 453. The predicted molar refractivity (Wildman–Crippen MR) is 78.9 cm³/mol. The minimum absolute atomic E-state index is 0.0598. The maximum atomic E-state index is 9.91. The fourth-order valence-corrected chi connectivity index (χ4v) is 3.02. The van der Waals surface area contributed by atoms with E-state index in [1.165, 1.54) is 0 Å². The lowest BCUT2D eigenvalue weighted by atomic mass is 9.64. The van der Waals surface area contributed by atoms with Gasteiger partial charge in [-0.15, -0.1) is 0 Å². The standard InChI is InChI=1S/C16H25NO3/c1-5-20-14-9-13(16(14,3)4)17-10(2)15-11(18)7-6-8-12(15)19/h6-8,10,13-14,17-19H,5,9H2,1-4H3. The molecule has 1 aliphatic rings. The van der Waals surface area contributed by atoms with E-state index in [0.717, 1.165) is 13.0 Å². The summed E-state index contributed by atoms with van der Waals surface area (Å²) in [4.78, 5) is 0. The van der Waals surface area contributed by atoms with Crippen molar-refractivity contribution in [3.63, 3.8) is 0 Å². The lowest BCUT2D eigenvalue weighted by molar-refractivity contribution is -0.116. The van der Waals surface area contributed by atoms with Gasteiger partial charge in [0.05, 0.1) is 11.7 Å². The Morgan fingerprint density at radius 1 is 1.35 bits per heavy atom. The van der Waals surface area contributed by atoms with Crippen LogP contribution in [0.2, 0.25) is 0 Å². The highest BCUT2D eigenvalue weighted by molar-refractivity contribution is 5.45. The van der Waals surface area contributed by atoms with E-state index in [4.69, 9.17) is 4.74 Å². The summed E-state index contributed by atoms with van der Waals surface area (Å²) >= 11 is 0. The maximum absolute atomic E-state index is 9.91. The van der Waals surface area contributed by atoms with Crippen LogP contribution in [-0.4, -0.2) is 29.0 Å². The normalized spacial score (nSPS) is 26.0. The van der Waals surface area contributed by atoms with E-state index in [0.29, 0.717) is 11.6 Å². The molecule has 3 atom stereocenters. The van der Waals surface area contributed by atoms with Crippen LogP contribution in [0.15, 0.2) is 18.2 Å². The summed E-state index contributed by atoms with van der Waals surface area (Å²) in [7, 11) is 0. The molecule has 0 spiro atoms. The van der Waals surface area contributed by atoms with Crippen molar-refractivity contribution in [2.75, 3.05) is 6.61 Å². The summed E-state index contributed by atoms with van der Waals surface area (Å²) in [5.41, 5.74) is 0.618. The predicted octanol–water partition coefficient (Wildman–Crippen LogP) is 2.95. The number of phenols is 2. The Hall–Kier alpha value is -1.26. The first-order chi connectivity index (χ1) is 9.37. The zero-order chi connectivity index (χ0) is 14.9. The fourth-order valence-electron chi connectivity index (χ4n) is 3.02. The molecule has 1 aromatic rings. The van der Waals surface area contributed by atoms with E-state index in [1.807, 2.05) is 13.8 Å². The molecule has 0 heterocycles. The Kier molecular flexibility index (Phi) is 4.25. The molecule has 0 saturated heterocycles. The van der Waals surface area contributed by atoms with Crippen molar-refractivity contribution in [2.45, 2.75) is 52.3 Å². The molecule has 0 radical (unpaired) electrons. The van der Waals surface area contributed by atoms with E-state index in [2.05, 4.69) is 19.2 Å². The topological polar surface area (TPSA) is 61.7 Å². The van der Waals surface area contributed by atoms with Crippen molar-refractivity contribution in [1.82, 2.24) is 5.32 Å². The summed E-state index contributed by atoms with van der Waals surface area (Å²) in [5, 5.41) is 23.3. The zero-order valence-corrected chi connectivity index (χ0v) is 12.7. The first kappa shape index (κ1) is 15.1. The zero-order valence-electron chi connectivity index (χ0n) is 12.7. The van der Waals surface area contributed by atoms with Gasteiger partial charge in [-0.05, 0) is 32.4 Å². The molecule has 4 nitrogen and oxygen atoms in total. The number of hydrogen-bond donors (Lipinski definition) is 3. The quantitative estimate of drug-likeness (QED) is 0.775. The third kappa shape index (κ3) is 2.63. The third-order valence-corrected chi connectivity index (χ3v) is 4.49. The fraction of sp³-hybridized carbons (Fsp3) is 0.625. The molecular formula is C16H25NO3. The van der Waals surface area contributed by atoms with Gasteiger partial charge in [-0.2, -0.15) is 0 Å². The molecule has 1 fully saturated rings. The first-order valence-corrected chi connectivity index (χ1v) is 7.26. The van der Waals surface area contributed by atoms with Gasteiger partial charge in [0, 0.05) is 24.1 Å². The van der Waals surface area contributed by atoms with Gasteiger partial charge in [0.1, 0.15) is 11.5 Å². The molecule has 20 heavy (non-hydrogen) atoms. The molecule has 4 heteroatoms. The maximum Gasteiger partial charge on any atom is 0.124 e. The van der Waals surface area contributed by atoms with Crippen LogP contribution in [0.25, 0.3) is 0 Å². The summed E-state index contributed by atoms with van der Waals surface area (Å²) in [5.74, 6) is 0.256. The van der Waals surface area contributed by atoms with E-state index in [1.54, 1.807) is 18.2 Å². The van der Waals surface area contributed by atoms with Crippen LogP contribution in [0.4, 0.5) is 0 Å². The molecule has 1 saturated carbocycles. The second kappa shape index (κ2) is 5.62. The number of phenolic OH excluding ortho intramolecular Hbond substituents is 2. The highest BCUT2D eigenvalue weighted by atomic mass is 16.5. The molecular weight excluding hydrogens is 254 g/mol. The van der Waals surface area contributed by atoms with Crippen molar-refractivity contribution >= 4 is 0 Å². The van der Waals surface area contributed by atoms with Crippen LogP contribution in [0.1, 0.15) is 45.7 Å². The molecule has 0 aromatic heterocycles. The van der Waals surface area contributed by atoms with Gasteiger partial charge in [-0.1, -0.05) is 19.9 Å². The largest absolute Gasteiger partial charge is 0.507 e. The summed E-state index contributed by atoms with van der Waals surface area (Å²) in [6.45, 7) is 9.08. The van der Waals surface area contributed by atoms with Crippen molar-refractivity contribution in [3.05, 3.63) is 23.8 Å². The third-order valence-electron chi connectivity index (χ3n) is 4.49. The number of benzene rings is 1. The number of hydrogen-bond acceptors (Lipinski definition) is 4. The van der Waals surface area contributed by atoms with Crippen molar-refractivity contribution in [1.29, 1.82) is 0 Å². The van der Waals surface area contributed by atoms with Gasteiger partial charge in [0.15, 0.2) is 0 Å². The van der Waals surface area contributed by atoms with Crippen molar-refractivity contribution in [3.8, 4) is 11.5 Å². The lowest BCUT2D eigenvalue weighted by Gasteiger charge is -2.52. The Morgan fingerprint density at radius 2 is 1.95 bits per heavy atom. The van der Waals surface area contributed by atoms with Gasteiger partial charge in [0.25, 0.3) is 0 Å².